The van der Waals surface area contributed by atoms with Gasteiger partial charge in [0.05, 0.1) is 6.20 Å². The topological polar surface area (TPSA) is 64.0 Å². The fourth-order valence-corrected chi connectivity index (χ4v) is 1.35. The molecule has 5 nitrogen and oxygen atoms in total. The van der Waals surface area contributed by atoms with Gasteiger partial charge in [-0.1, -0.05) is 6.92 Å². The molecular weight excluding hydrogens is 172 g/mol. The van der Waals surface area contributed by atoms with Crippen LogP contribution in [0.15, 0.2) is 6.20 Å². The van der Waals surface area contributed by atoms with Gasteiger partial charge in [0.25, 0.3) is 5.91 Å². The van der Waals surface area contributed by atoms with Crippen LogP contribution in [0, 0.1) is 0 Å². The van der Waals surface area contributed by atoms with Crippen LogP contribution in [0.3, 0.4) is 0 Å². The summed E-state index contributed by atoms with van der Waals surface area (Å²) >= 11 is 0. The van der Waals surface area contributed by atoms with Crippen LogP contribution in [0.5, 0.6) is 0 Å². The second kappa shape index (κ2) is 2.69. The number of carbonyl (C=O) groups excluding carboxylic acids is 2. The minimum Gasteiger partial charge on any atom is -0.310 e. The van der Waals surface area contributed by atoms with Crippen LogP contribution in [0.25, 0.3) is 0 Å². The van der Waals surface area contributed by atoms with Gasteiger partial charge in [0.1, 0.15) is 12.2 Å². The molecule has 0 radical (unpaired) electrons. The van der Waals surface area contributed by atoms with Crippen molar-refractivity contribution < 1.29 is 9.59 Å². The van der Waals surface area contributed by atoms with Gasteiger partial charge in [-0.25, -0.2) is 0 Å². The molecule has 0 spiro atoms. The maximum atomic E-state index is 11.3. The number of amides is 1. The highest BCUT2D eigenvalue weighted by atomic mass is 16.2. The minimum absolute atomic E-state index is 0.113. The summed E-state index contributed by atoms with van der Waals surface area (Å²) in [6.45, 7) is 1.95. The number of nitrogens with one attached hydrogen (secondary N) is 1. The Labute approximate surface area is 74.7 Å². The number of fused-ring (bicyclic) bond motifs is 1. The van der Waals surface area contributed by atoms with Gasteiger partial charge in [-0.15, -0.1) is 0 Å². The lowest BCUT2D eigenvalue weighted by Gasteiger charge is -2.13. The summed E-state index contributed by atoms with van der Waals surface area (Å²) < 4.78 is 1.25. The second-order valence-corrected chi connectivity index (χ2v) is 2.90. The predicted molar refractivity (Wildman–Crippen MR) is 45.5 cm³/mol. The third kappa shape index (κ3) is 1.12. The molecule has 0 fully saturated rings. The third-order valence-electron chi connectivity index (χ3n) is 2.03. The van der Waals surface area contributed by atoms with Gasteiger partial charge in [-0.2, -0.15) is 9.78 Å². The molecule has 1 aliphatic rings. The largest absolute Gasteiger partial charge is 0.310 e. The lowest BCUT2D eigenvalue weighted by molar-refractivity contribution is -0.115. The molecule has 0 bridgehead atoms. The number of aryl methyl sites for hydroxylation is 1. The molecule has 1 N–H and O–H groups in total. The van der Waals surface area contributed by atoms with Crippen molar-refractivity contribution in [2.75, 3.05) is 5.32 Å². The number of aromatic nitrogens is 2. The van der Waals surface area contributed by atoms with E-state index in [2.05, 4.69) is 10.4 Å². The molecule has 1 aromatic heterocycles. The molecule has 1 aromatic rings. The lowest BCUT2D eigenvalue weighted by atomic mass is 10.2. The Balaban J connectivity index is 2.51. The average molecular weight is 181 g/mol. The fraction of sp³-hybridized carbons (Fsp3) is 0.375. The minimum atomic E-state index is -0.265. The van der Waals surface area contributed by atoms with E-state index in [1.165, 1.54) is 4.68 Å². The Morgan fingerprint density at radius 1 is 1.62 bits per heavy atom. The Bertz CT molecular complexity index is 381. The first-order valence-electron chi connectivity index (χ1n) is 4.12. The summed E-state index contributed by atoms with van der Waals surface area (Å²) in [6.07, 6.45) is 2.25. The SMILES string of the molecule is CCc1cnn2c1NC(=O)[14CH2]C2=O. The monoisotopic (exact) mass is 181 g/mol. The zero-order valence-electron chi connectivity index (χ0n) is 7.20. The standard InChI is InChI=1S/C8H9N3O2/c1-2-5-4-9-11-7(13)3-6(12)10-8(5)11/h4H,2-3H2,1H3,(H,10,12)/i3+2. The van der Waals surface area contributed by atoms with E-state index in [9.17, 15) is 9.59 Å². The highest BCUT2D eigenvalue weighted by Gasteiger charge is 2.24. The maximum absolute atomic E-state index is 11.3. The zero-order chi connectivity index (χ0) is 9.42. The zero-order valence-corrected chi connectivity index (χ0v) is 7.20. The average Bonchev–Trinajstić information content (AvgIpc) is 2.47. The van der Waals surface area contributed by atoms with Crippen LogP contribution in [-0.4, -0.2) is 21.6 Å². The molecule has 68 valence electrons. The molecular formula is C8H9N3O2. The van der Waals surface area contributed by atoms with Crippen LogP contribution in [-0.2, 0) is 11.2 Å². The van der Waals surface area contributed by atoms with Gasteiger partial charge in [0.2, 0.25) is 5.91 Å². The van der Waals surface area contributed by atoms with Gasteiger partial charge in [0, 0.05) is 5.56 Å². The van der Waals surface area contributed by atoms with Crippen LogP contribution in [0.4, 0.5) is 5.82 Å². The molecule has 2 rings (SSSR count). The third-order valence-corrected chi connectivity index (χ3v) is 2.03. The summed E-state index contributed by atoms with van der Waals surface area (Å²) in [5.74, 6) is 0.00917. The summed E-state index contributed by atoms with van der Waals surface area (Å²) in [5, 5.41) is 6.53. The van der Waals surface area contributed by atoms with Gasteiger partial charge in [-0.3, -0.25) is 9.59 Å². The van der Waals surface area contributed by atoms with Gasteiger partial charge in [0.15, 0.2) is 0 Å². The second-order valence-electron chi connectivity index (χ2n) is 2.90. The first-order chi connectivity index (χ1) is 6.22. The smallest absolute Gasteiger partial charge is 0.258 e. The number of carbonyl (C=O) groups is 2. The molecule has 0 aromatic carbocycles. The molecule has 1 aliphatic heterocycles. The van der Waals surface area contributed by atoms with E-state index in [4.69, 9.17) is 0 Å². The molecule has 0 aliphatic carbocycles. The summed E-state index contributed by atoms with van der Waals surface area (Å²) in [7, 11) is 0. The number of hydrogen-bond acceptors (Lipinski definition) is 3. The molecule has 2 heterocycles. The van der Waals surface area contributed by atoms with Crippen LogP contribution < -0.4 is 5.32 Å². The van der Waals surface area contributed by atoms with Gasteiger partial charge in [-0.05, 0) is 6.42 Å². The summed E-state index contributed by atoms with van der Waals surface area (Å²) in [4.78, 5) is 22.3. The van der Waals surface area contributed by atoms with Crippen molar-refractivity contribution in [2.24, 2.45) is 0 Å². The van der Waals surface area contributed by atoms with E-state index in [0.717, 1.165) is 12.0 Å². The quantitative estimate of drug-likeness (QED) is 0.639. The number of hydrogen-bond donors (Lipinski definition) is 1. The molecule has 0 saturated carbocycles. The predicted octanol–water partition coefficient (Wildman–Crippen LogP) is 0.428. The fourth-order valence-electron chi connectivity index (χ4n) is 1.35. The Kier molecular flexibility index (Phi) is 1.65. The van der Waals surface area contributed by atoms with Crippen molar-refractivity contribution in [3.63, 3.8) is 0 Å². The van der Waals surface area contributed by atoms with E-state index in [0.29, 0.717) is 5.82 Å². The summed E-state index contributed by atoms with van der Waals surface area (Å²) in [6, 6.07) is 0. The van der Waals surface area contributed by atoms with Crippen LogP contribution in [0.1, 0.15) is 23.7 Å². The van der Waals surface area contributed by atoms with Crippen molar-refractivity contribution in [1.29, 1.82) is 0 Å². The van der Waals surface area contributed by atoms with E-state index in [1.54, 1.807) is 6.20 Å². The molecule has 1 amide bonds. The van der Waals surface area contributed by atoms with E-state index < -0.39 is 0 Å². The van der Waals surface area contributed by atoms with Crippen molar-refractivity contribution >= 4 is 17.6 Å². The van der Waals surface area contributed by atoms with Crippen LogP contribution >= 0.6 is 0 Å². The normalized spacial score (nSPS) is 15.5. The highest BCUT2D eigenvalue weighted by molar-refractivity contribution is 6.09. The van der Waals surface area contributed by atoms with E-state index in [-0.39, 0.29) is 18.2 Å². The molecule has 13 heavy (non-hydrogen) atoms. The highest BCUT2D eigenvalue weighted by Crippen LogP contribution is 2.19. The first kappa shape index (κ1) is 7.97. The van der Waals surface area contributed by atoms with Crippen molar-refractivity contribution in [1.82, 2.24) is 9.78 Å². The maximum Gasteiger partial charge on any atom is 0.258 e. The van der Waals surface area contributed by atoms with Crippen molar-refractivity contribution in [2.45, 2.75) is 19.8 Å². The van der Waals surface area contributed by atoms with E-state index in [1.807, 2.05) is 6.92 Å². The lowest BCUT2D eigenvalue weighted by Crippen LogP contribution is -2.30. The number of nitrogens with zero attached hydrogens (tertiary/aromatic N) is 2. The summed E-state index contributed by atoms with van der Waals surface area (Å²) in [5.41, 5.74) is 0.890. The van der Waals surface area contributed by atoms with Gasteiger partial charge >= 0.3 is 0 Å². The van der Waals surface area contributed by atoms with Crippen molar-refractivity contribution in [3.05, 3.63) is 11.8 Å². The number of anilines is 1. The molecule has 0 unspecified atom stereocenters. The van der Waals surface area contributed by atoms with Gasteiger partial charge < -0.3 is 5.32 Å². The first-order valence-corrected chi connectivity index (χ1v) is 4.12. The number of rotatable bonds is 1. The Morgan fingerprint density at radius 2 is 2.38 bits per heavy atom. The molecule has 0 saturated heterocycles. The molecule has 0 atom stereocenters. The van der Waals surface area contributed by atoms with Crippen LogP contribution in [0.2, 0.25) is 0 Å². The molecule has 5 heteroatoms. The van der Waals surface area contributed by atoms with Crippen molar-refractivity contribution in [3.8, 4) is 0 Å². The Morgan fingerprint density at radius 3 is 3.08 bits per heavy atom. The Hall–Kier alpha value is -1.65. The van der Waals surface area contributed by atoms with E-state index >= 15 is 0 Å².